The minimum atomic E-state index is -4.91. The molecule has 0 amide bonds. The van der Waals surface area contributed by atoms with Crippen LogP contribution in [0.5, 0.6) is 0 Å². The third-order valence-electron chi connectivity index (χ3n) is 5.30. The summed E-state index contributed by atoms with van der Waals surface area (Å²) in [5.41, 5.74) is 7.14. The molecule has 18 nitrogen and oxygen atoms in total. The Morgan fingerprint density at radius 1 is 1.21 bits per heavy atom. The number of imidazole rings is 1. The Morgan fingerprint density at radius 2 is 1.87 bits per heavy atom. The molecule has 3 heterocycles. The molecule has 1 saturated heterocycles. The zero-order chi connectivity index (χ0) is 28.5. The van der Waals surface area contributed by atoms with Gasteiger partial charge in [0.05, 0.1) is 13.7 Å². The Kier molecular flexibility index (Phi) is 9.37. The molecule has 3 rings (SSSR count). The van der Waals surface area contributed by atoms with E-state index in [1.165, 1.54) is 22.6 Å². The normalized spacial score (nSPS) is 26.4. The summed E-state index contributed by atoms with van der Waals surface area (Å²) in [7, 11) is -8.52. The number of anilines is 1. The molecule has 7 atom stereocenters. The number of nitrogens with two attached hydrogens (primary N) is 1. The van der Waals surface area contributed by atoms with Crippen LogP contribution in [-0.2, 0) is 56.9 Å². The highest BCUT2D eigenvalue weighted by atomic mass is 31.3. The van der Waals surface area contributed by atoms with Gasteiger partial charge in [-0.05, 0) is 0 Å². The van der Waals surface area contributed by atoms with Crippen molar-refractivity contribution in [3.05, 3.63) is 16.7 Å². The van der Waals surface area contributed by atoms with E-state index in [1.807, 2.05) is 0 Å². The van der Waals surface area contributed by atoms with E-state index in [4.69, 9.17) is 35.0 Å². The summed E-state index contributed by atoms with van der Waals surface area (Å²) in [4.78, 5) is 18.9. The molecule has 0 radical (unpaired) electrons. The second kappa shape index (κ2) is 11.6. The highest BCUT2D eigenvalue weighted by Gasteiger charge is 2.51. The van der Waals surface area contributed by atoms with E-state index in [9.17, 15) is 23.6 Å². The molecule has 1 fully saturated rings. The number of methoxy groups -OCH3 is 1. The van der Waals surface area contributed by atoms with Gasteiger partial charge in [-0.25, -0.2) is 18.3 Å². The predicted octanol–water partition coefficient (Wildman–Crippen LogP) is 0.394. The number of ether oxygens (including phenoxy) is 2. The smallest absolute Gasteiger partial charge is 0.387 e. The number of nitrogens with one attached hydrogen (secondary N) is 1. The number of fused-ring (bicyclic) bond motifs is 1. The van der Waals surface area contributed by atoms with Crippen molar-refractivity contribution in [2.24, 2.45) is 7.05 Å². The molecule has 4 N–H and O–H groups in total. The SMILES string of the molecule is C#CP(=O)(OC)OP(=O)(OC)OP(=O)(OC)OC[C@H]1O[C@@H](n2c[n+](C)c3c(=O)[nH]c(N)nc32)C(OC)C1O. The Hall–Kier alpha value is -1.96. The molecule has 1 aliphatic heterocycles. The number of nitrogen functional groups attached to an aromatic ring is 1. The average Bonchev–Trinajstić information content (AvgIpc) is 3.38. The molecule has 212 valence electrons. The number of aromatic nitrogens is 4. The van der Waals surface area contributed by atoms with Crippen LogP contribution in [0.15, 0.2) is 11.1 Å². The predicted molar refractivity (Wildman–Crippen MR) is 127 cm³/mol. The molecule has 2 aromatic rings. The Labute approximate surface area is 216 Å². The van der Waals surface area contributed by atoms with Crippen molar-refractivity contribution < 1.29 is 59.6 Å². The second-order valence-electron chi connectivity index (χ2n) is 7.54. The third kappa shape index (κ3) is 6.10. The number of H-pyrrole nitrogens is 1. The number of aromatic amines is 1. The van der Waals surface area contributed by atoms with E-state index in [0.29, 0.717) is 0 Å². The minimum absolute atomic E-state index is 0.134. The van der Waals surface area contributed by atoms with Crippen LogP contribution in [0, 0.1) is 12.1 Å². The summed E-state index contributed by atoms with van der Waals surface area (Å²) in [5, 5.41) is 10.8. The van der Waals surface area contributed by atoms with Crippen molar-refractivity contribution in [3.8, 4) is 12.1 Å². The Balaban J connectivity index is 1.83. The largest absolute Gasteiger partial charge is 0.491 e. The highest BCUT2D eigenvalue weighted by molar-refractivity contribution is 7.71. The van der Waals surface area contributed by atoms with Gasteiger partial charge in [0.1, 0.15) is 12.2 Å². The lowest BCUT2D eigenvalue weighted by Gasteiger charge is -2.23. The van der Waals surface area contributed by atoms with Gasteiger partial charge >= 0.3 is 28.8 Å². The maximum absolute atomic E-state index is 13.0. The molecule has 0 aliphatic carbocycles. The summed E-state index contributed by atoms with van der Waals surface area (Å²) in [5.74, 6) is -0.152. The summed E-state index contributed by atoms with van der Waals surface area (Å²) in [6.45, 7) is -0.662. The van der Waals surface area contributed by atoms with Crippen LogP contribution in [-0.4, -0.2) is 73.0 Å². The van der Waals surface area contributed by atoms with Gasteiger partial charge < -0.3 is 24.8 Å². The minimum Gasteiger partial charge on any atom is -0.387 e. The number of aliphatic hydroxyl groups is 1. The summed E-state index contributed by atoms with van der Waals surface area (Å²) in [6.07, 6.45) is 1.85. The number of nitrogens with zero attached hydrogens (tertiary/aromatic N) is 3. The van der Waals surface area contributed by atoms with Crippen molar-refractivity contribution in [1.29, 1.82) is 0 Å². The first-order valence-electron chi connectivity index (χ1n) is 10.4. The third-order valence-corrected chi connectivity index (χ3v) is 10.7. The fraction of sp³-hybridized carbons (Fsp3) is 0.588. The second-order valence-corrected chi connectivity index (χ2v) is 13.2. The number of aliphatic hydroxyl groups excluding tert-OH is 1. The first kappa shape index (κ1) is 30.6. The topological polar surface area (TPSA) is 226 Å². The fourth-order valence-electron chi connectivity index (χ4n) is 3.51. The summed E-state index contributed by atoms with van der Waals surface area (Å²) < 4.78 is 80.6. The van der Waals surface area contributed by atoms with Crippen molar-refractivity contribution in [1.82, 2.24) is 14.5 Å². The molecule has 5 unspecified atom stereocenters. The number of hydrogen-bond acceptors (Lipinski definition) is 15. The molecule has 0 saturated carbocycles. The molecular formula is C17H27N5O13P3+. The van der Waals surface area contributed by atoms with Crippen LogP contribution in [0.4, 0.5) is 5.95 Å². The van der Waals surface area contributed by atoms with Gasteiger partial charge in [0.2, 0.25) is 18.5 Å². The summed E-state index contributed by atoms with van der Waals surface area (Å²) >= 11 is 0. The van der Waals surface area contributed by atoms with Gasteiger partial charge in [-0.1, -0.05) is 0 Å². The van der Waals surface area contributed by atoms with E-state index in [1.54, 1.807) is 12.7 Å². The average molecular weight is 602 g/mol. The Morgan fingerprint density at radius 3 is 2.42 bits per heavy atom. The highest BCUT2D eigenvalue weighted by Crippen LogP contribution is 2.71. The van der Waals surface area contributed by atoms with Crippen molar-refractivity contribution >= 4 is 40.4 Å². The van der Waals surface area contributed by atoms with Crippen LogP contribution < -0.4 is 15.9 Å². The van der Waals surface area contributed by atoms with Crippen molar-refractivity contribution in [2.75, 3.05) is 40.8 Å². The molecule has 38 heavy (non-hydrogen) atoms. The maximum atomic E-state index is 13.0. The number of terminal acetylenes is 1. The van der Waals surface area contributed by atoms with Gasteiger partial charge in [0.25, 0.3) is 11.2 Å². The first-order valence-corrected chi connectivity index (χ1v) is 14.9. The fourth-order valence-corrected chi connectivity index (χ4v) is 7.91. The summed E-state index contributed by atoms with van der Waals surface area (Å²) in [6, 6.07) is 0. The lowest BCUT2D eigenvalue weighted by Crippen LogP contribution is -2.35. The molecule has 0 spiro atoms. The van der Waals surface area contributed by atoms with Crippen LogP contribution >= 0.6 is 23.2 Å². The lowest BCUT2D eigenvalue weighted by molar-refractivity contribution is -0.646. The lowest BCUT2D eigenvalue weighted by atomic mass is 10.1. The quantitative estimate of drug-likeness (QED) is 0.170. The van der Waals surface area contributed by atoms with Crippen LogP contribution in [0.2, 0.25) is 0 Å². The van der Waals surface area contributed by atoms with E-state index in [0.717, 1.165) is 21.3 Å². The molecule has 2 aromatic heterocycles. The maximum Gasteiger partial charge on any atom is 0.491 e. The zero-order valence-corrected chi connectivity index (χ0v) is 23.5. The number of hydrogen-bond donors (Lipinski definition) is 3. The van der Waals surface area contributed by atoms with Gasteiger partial charge in [-0.3, -0.25) is 23.3 Å². The van der Waals surface area contributed by atoms with Gasteiger partial charge in [0, 0.05) is 34.1 Å². The van der Waals surface area contributed by atoms with Crippen molar-refractivity contribution in [3.63, 3.8) is 0 Å². The monoisotopic (exact) mass is 602 g/mol. The van der Waals surface area contributed by atoms with Crippen LogP contribution in [0.3, 0.4) is 0 Å². The first-order chi connectivity index (χ1) is 17.8. The van der Waals surface area contributed by atoms with Gasteiger partial charge in [-0.2, -0.15) is 18.2 Å². The number of aryl methyl sites for hydroxylation is 1. The zero-order valence-electron chi connectivity index (χ0n) is 20.8. The van der Waals surface area contributed by atoms with Gasteiger partial charge in [0.15, 0.2) is 6.10 Å². The molecule has 21 heteroatoms. The number of phosphoric ester groups is 1. The molecular weight excluding hydrogens is 575 g/mol. The van der Waals surface area contributed by atoms with Crippen LogP contribution in [0.25, 0.3) is 11.2 Å². The molecule has 1 aliphatic rings. The molecule has 0 bridgehead atoms. The van der Waals surface area contributed by atoms with Crippen LogP contribution in [0.1, 0.15) is 6.23 Å². The standard InChI is InChI=1S/C17H26N5O13P3/c1-7-36(25,29-4)34-38(27,31-6)35-37(26,30-5)32-8-10-12(23)13(28-3)16(33-10)22-9-21(2)11-14(22)19-17(18)20-15(11)24/h1,9-10,12-13,16,23H,8H2,2-6H3,(H2-,18,19,20,24)/p+1/t10-,12?,13?,16-,36?,37?,38?/m1/s1. The number of rotatable bonds is 12. The number of phosphoric acid groups is 2. The van der Waals surface area contributed by atoms with E-state index < -0.39 is 59.9 Å². The van der Waals surface area contributed by atoms with E-state index >= 15 is 0 Å². The van der Waals surface area contributed by atoms with Gasteiger partial charge in [-0.15, -0.1) is 6.42 Å². The van der Waals surface area contributed by atoms with E-state index in [-0.39, 0.29) is 17.1 Å². The molecule has 0 aromatic carbocycles. The van der Waals surface area contributed by atoms with Crippen molar-refractivity contribution in [2.45, 2.75) is 24.5 Å². The van der Waals surface area contributed by atoms with E-state index in [2.05, 4.69) is 23.3 Å². The Bertz CT molecular complexity index is 1420.